The highest BCUT2D eigenvalue weighted by Crippen LogP contribution is 2.29. The molecule has 2 aromatic carbocycles. The normalized spacial score (nSPS) is 11.9. The maximum Gasteiger partial charge on any atom is 0.416 e. The van der Waals surface area contributed by atoms with E-state index in [2.05, 4.69) is 15.0 Å². The van der Waals surface area contributed by atoms with Gasteiger partial charge in [0.05, 0.1) is 5.56 Å². The number of alkyl halides is 3. The molecule has 1 heterocycles. The number of carbonyl (C=O) groups excluding carboxylic acids is 1. The summed E-state index contributed by atoms with van der Waals surface area (Å²) in [5.74, 6) is -1.94. The lowest BCUT2D eigenvalue weighted by Gasteiger charge is -2.10. The number of carbonyl (C=O) groups is 1. The van der Waals surface area contributed by atoms with Crippen molar-refractivity contribution < 1.29 is 30.8 Å². The van der Waals surface area contributed by atoms with E-state index in [0.29, 0.717) is 0 Å². The molecule has 0 fully saturated rings. The maximum atomic E-state index is 14.3. The molecule has 158 valence electrons. The number of aromatic nitrogens is 1. The van der Waals surface area contributed by atoms with Crippen LogP contribution in [0.5, 0.6) is 0 Å². The highest BCUT2D eigenvalue weighted by molar-refractivity contribution is 7.93. The van der Waals surface area contributed by atoms with Gasteiger partial charge in [0.15, 0.2) is 5.13 Å². The predicted molar refractivity (Wildman–Crippen MR) is 102 cm³/mol. The van der Waals surface area contributed by atoms with E-state index in [-0.39, 0.29) is 22.8 Å². The number of benzene rings is 2. The van der Waals surface area contributed by atoms with Crippen LogP contribution in [-0.2, 0) is 22.7 Å². The van der Waals surface area contributed by atoms with Crippen molar-refractivity contribution in [1.82, 2.24) is 10.3 Å². The molecule has 0 unspecified atom stereocenters. The Morgan fingerprint density at radius 1 is 1.13 bits per heavy atom. The summed E-state index contributed by atoms with van der Waals surface area (Å²) < 4.78 is 79.2. The van der Waals surface area contributed by atoms with Crippen LogP contribution in [0.3, 0.4) is 0 Å². The summed E-state index contributed by atoms with van der Waals surface area (Å²) in [4.78, 5) is 15.3. The molecule has 0 aliphatic rings. The molecule has 6 nitrogen and oxygen atoms in total. The van der Waals surface area contributed by atoms with Crippen LogP contribution in [0.1, 0.15) is 21.5 Å². The molecule has 1 aromatic heterocycles. The number of nitrogens with one attached hydrogen (secondary N) is 2. The predicted octanol–water partition coefficient (Wildman–Crippen LogP) is 4.03. The van der Waals surface area contributed by atoms with E-state index in [1.165, 1.54) is 23.7 Å². The minimum atomic E-state index is -4.52. The summed E-state index contributed by atoms with van der Waals surface area (Å²) in [5, 5.41) is 3.96. The number of hydrogen-bond acceptors (Lipinski definition) is 5. The Morgan fingerprint density at radius 3 is 2.53 bits per heavy atom. The topological polar surface area (TPSA) is 88.2 Å². The Bertz CT molecular complexity index is 1160. The van der Waals surface area contributed by atoms with Gasteiger partial charge in [-0.3, -0.25) is 9.52 Å². The fourth-order valence-electron chi connectivity index (χ4n) is 2.45. The molecule has 0 aliphatic heterocycles. The molecule has 0 radical (unpaired) electrons. The van der Waals surface area contributed by atoms with Gasteiger partial charge in [-0.1, -0.05) is 12.1 Å². The fourth-order valence-corrected chi connectivity index (χ4v) is 4.30. The summed E-state index contributed by atoms with van der Waals surface area (Å²) in [7, 11) is -4.25. The summed E-state index contributed by atoms with van der Waals surface area (Å²) in [6.45, 7) is -0.226. The van der Waals surface area contributed by atoms with Crippen molar-refractivity contribution in [3.8, 4) is 0 Å². The number of anilines is 1. The molecule has 30 heavy (non-hydrogen) atoms. The monoisotopic (exact) mass is 459 g/mol. The van der Waals surface area contributed by atoms with Gasteiger partial charge < -0.3 is 5.32 Å². The number of amides is 1. The Kier molecular flexibility index (Phi) is 6.08. The summed E-state index contributed by atoms with van der Waals surface area (Å²) in [6, 6.07) is 7.15. The molecule has 2 N–H and O–H groups in total. The highest BCUT2D eigenvalue weighted by Gasteiger charge is 2.30. The summed E-state index contributed by atoms with van der Waals surface area (Å²) in [6.07, 6.45) is -3.14. The zero-order chi connectivity index (χ0) is 21.9. The quantitative estimate of drug-likeness (QED) is 0.545. The highest BCUT2D eigenvalue weighted by atomic mass is 32.2. The van der Waals surface area contributed by atoms with Crippen LogP contribution >= 0.6 is 11.3 Å². The Balaban J connectivity index is 1.71. The third-order valence-electron chi connectivity index (χ3n) is 3.84. The van der Waals surface area contributed by atoms with Crippen molar-refractivity contribution >= 4 is 32.4 Å². The van der Waals surface area contributed by atoms with Crippen molar-refractivity contribution in [1.29, 1.82) is 0 Å². The molecule has 0 saturated carbocycles. The number of nitrogens with zero attached hydrogens (tertiary/aromatic N) is 1. The van der Waals surface area contributed by atoms with Crippen LogP contribution in [0.4, 0.5) is 22.7 Å². The van der Waals surface area contributed by atoms with Gasteiger partial charge in [0.25, 0.3) is 15.9 Å². The van der Waals surface area contributed by atoms with Crippen LogP contribution in [0.15, 0.2) is 58.9 Å². The zero-order valence-electron chi connectivity index (χ0n) is 14.9. The van der Waals surface area contributed by atoms with Crippen molar-refractivity contribution in [2.75, 3.05) is 4.72 Å². The van der Waals surface area contributed by atoms with Gasteiger partial charge in [0.2, 0.25) is 0 Å². The fraction of sp³-hybridized carbons (Fsp3) is 0.111. The number of thiazole rings is 1. The van der Waals surface area contributed by atoms with Crippen LogP contribution in [0, 0.1) is 5.82 Å². The molecule has 0 atom stereocenters. The van der Waals surface area contributed by atoms with Crippen molar-refractivity contribution in [2.45, 2.75) is 17.6 Å². The van der Waals surface area contributed by atoms with E-state index < -0.39 is 38.4 Å². The Morgan fingerprint density at radius 2 is 1.90 bits per heavy atom. The third-order valence-corrected chi connectivity index (χ3v) is 6.03. The first-order valence-corrected chi connectivity index (χ1v) is 10.6. The SMILES string of the molecule is O=C(NCc1cccc(C(F)(F)F)c1)c1ccc(S(=O)(=O)Nc2nccs2)c(F)c1. The van der Waals surface area contributed by atoms with Crippen LogP contribution in [-0.4, -0.2) is 19.3 Å². The van der Waals surface area contributed by atoms with Gasteiger partial charge in [-0.25, -0.2) is 17.8 Å². The zero-order valence-corrected chi connectivity index (χ0v) is 16.5. The number of halogens is 4. The lowest BCUT2D eigenvalue weighted by Crippen LogP contribution is -2.23. The summed E-state index contributed by atoms with van der Waals surface area (Å²) in [5.41, 5.74) is -0.847. The van der Waals surface area contributed by atoms with Crippen molar-refractivity contribution in [3.05, 3.63) is 76.5 Å². The maximum absolute atomic E-state index is 14.3. The van der Waals surface area contributed by atoms with E-state index in [9.17, 15) is 30.8 Å². The van der Waals surface area contributed by atoms with E-state index in [1.54, 1.807) is 0 Å². The molecule has 3 rings (SSSR count). The van der Waals surface area contributed by atoms with Gasteiger partial charge in [0.1, 0.15) is 10.7 Å². The van der Waals surface area contributed by atoms with E-state index in [0.717, 1.165) is 41.7 Å². The average molecular weight is 459 g/mol. The van der Waals surface area contributed by atoms with Gasteiger partial charge in [0, 0.05) is 23.7 Å². The molecule has 12 heteroatoms. The van der Waals surface area contributed by atoms with Crippen LogP contribution < -0.4 is 10.0 Å². The summed E-state index contributed by atoms with van der Waals surface area (Å²) >= 11 is 1.01. The molecule has 0 aliphatic carbocycles. The molecule has 0 saturated heterocycles. The minimum absolute atomic E-state index is 0.0531. The molecular weight excluding hydrogens is 446 g/mol. The van der Waals surface area contributed by atoms with Crippen LogP contribution in [0.2, 0.25) is 0 Å². The third kappa shape index (κ3) is 5.13. The number of rotatable bonds is 6. The van der Waals surface area contributed by atoms with Crippen molar-refractivity contribution in [3.63, 3.8) is 0 Å². The first-order valence-electron chi connectivity index (χ1n) is 8.22. The first kappa shape index (κ1) is 21.7. The second kappa shape index (κ2) is 8.40. The molecule has 0 spiro atoms. The second-order valence-electron chi connectivity index (χ2n) is 5.97. The smallest absolute Gasteiger partial charge is 0.348 e. The first-order chi connectivity index (χ1) is 14.1. The number of sulfonamides is 1. The molecular formula is C18H13F4N3O3S2. The van der Waals surface area contributed by atoms with E-state index >= 15 is 0 Å². The Hall–Kier alpha value is -2.99. The van der Waals surface area contributed by atoms with E-state index in [1.807, 2.05) is 0 Å². The van der Waals surface area contributed by atoms with Gasteiger partial charge >= 0.3 is 6.18 Å². The second-order valence-corrected chi connectivity index (χ2v) is 8.51. The Labute approximate surface area is 172 Å². The molecule has 0 bridgehead atoms. The van der Waals surface area contributed by atoms with Gasteiger partial charge in [-0.2, -0.15) is 13.2 Å². The van der Waals surface area contributed by atoms with Gasteiger partial charge in [-0.05, 0) is 35.9 Å². The molecule has 3 aromatic rings. The lowest BCUT2D eigenvalue weighted by molar-refractivity contribution is -0.137. The minimum Gasteiger partial charge on any atom is -0.348 e. The largest absolute Gasteiger partial charge is 0.416 e. The van der Waals surface area contributed by atoms with Crippen LogP contribution in [0.25, 0.3) is 0 Å². The average Bonchev–Trinajstić information content (AvgIpc) is 3.17. The standard InChI is InChI=1S/C18H13F4N3O3S2/c19-14-9-12(4-5-15(14)30(27,28)25-17-23-6-7-29-17)16(26)24-10-11-2-1-3-13(8-11)18(20,21)22/h1-9H,10H2,(H,23,25)(H,24,26). The number of hydrogen-bond donors (Lipinski definition) is 2. The van der Waals surface area contributed by atoms with Gasteiger partial charge in [-0.15, -0.1) is 11.3 Å². The van der Waals surface area contributed by atoms with E-state index in [4.69, 9.17) is 0 Å². The lowest BCUT2D eigenvalue weighted by atomic mass is 10.1. The molecule has 1 amide bonds. The van der Waals surface area contributed by atoms with Crippen molar-refractivity contribution in [2.24, 2.45) is 0 Å².